The molecule has 7 heteroatoms. The molecule has 0 unspecified atom stereocenters. The van der Waals surface area contributed by atoms with Crippen molar-refractivity contribution in [3.8, 4) is 0 Å². The number of nitrogens with zero attached hydrogens (tertiary/aromatic N) is 2. The molecule has 22 heavy (non-hydrogen) atoms. The number of anilines is 1. The average molecular weight is 327 g/mol. The van der Waals surface area contributed by atoms with Crippen LogP contribution in [0.1, 0.15) is 24.8 Å². The summed E-state index contributed by atoms with van der Waals surface area (Å²) in [4.78, 5) is 4.23. The molecule has 1 aliphatic heterocycles. The summed E-state index contributed by atoms with van der Waals surface area (Å²) in [6.45, 7) is 1.84. The lowest BCUT2D eigenvalue weighted by Gasteiger charge is -2.17. The van der Waals surface area contributed by atoms with Crippen molar-refractivity contribution in [2.75, 3.05) is 37.8 Å². The zero-order valence-electron chi connectivity index (χ0n) is 13.0. The predicted molar refractivity (Wildman–Crippen MR) is 87.3 cm³/mol. The van der Waals surface area contributed by atoms with E-state index in [-0.39, 0.29) is 6.61 Å². The molecule has 0 amide bonds. The highest BCUT2D eigenvalue weighted by atomic mass is 32.2. The Morgan fingerprint density at radius 2 is 2.18 bits per heavy atom. The second-order valence-corrected chi connectivity index (χ2v) is 7.88. The third kappa shape index (κ3) is 5.23. The van der Waals surface area contributed by atoms with Gasteiger partial charge >= 0.3 is 0 Å². The maximum absolute atomic E-state index is 11.6. The minimum atomic E-state index is -3.08. The number of aromatic nitrogens is 1. The van der Waals surface area contributed by atoms with E-state index in [1.165, 1.54) is 6.26 Å². The average Bonchev–Trinajstić information content (AvgIpc) is 2.71. The first kappa shape index (κ1) is 17.2. The Kier molecular flexibility index (Phi) is 6.16. The van der Waals surface area contributed by atoms with Crippen LogP contribution in [0.5, 0.6) is 0 Å². The second kappa shape index (κ2) is 7.89. The Balaban J connectivity index is 1.93. The Labute approximate surface area is 132 Å². The van der Waals surface area contributed by atoms with Crippen molar-refractivity contribution in [3.63, 3.8) is 0 Å². The monoisotopic (exact) mass is 327 g/mol. The second-order valence-electron chi connectivity index (χ2n) is 5.90. The van der Waals surface area contributed by atoms with Crippen LogP contribution in [0.25, 0.3) is 0 Å². The van der Waals surface area contributed by atoms with Crippen LogP contribution in [0.4, 0.5) is 5.69 Å². The van der Waals surface area contributed by atoms with Crippen molar-refractivity contribution in [2.24, 2.45) is 5.92 Å². The highest BCUT2D eigenvalue weighted by Gasteiger charge is 2.22. The molecule has 6 nitrogen and oxygen atoms in total. The van der Waals surface area contributed by atoms with Crippen LogP contribution in [0.2, 0.25) is 0 Å². The smallest absolute Gasteiger partial charge is 0.211 e. The van der Waals surface area contributed by atoms with Crippen LogP contribution >= 0.6 is 0 Å². The van der Waals surface area contributed by atoms with Gasteiger partial charge in [0.05, 0.1) is 18.6 Å². The number of nitrogens with one attached hydrogen (secondary N) is 1. The van der Waals surface area contributed by atoms with Gasteiger partial charge in [0.15, 0.2) is 0 Å². The molecule has 0 bridgehead atoms. The van der Waals surface area contributed by atoms with Crippen LogP contribution in [0, 0.1) is 5.92 Å². The fourth-order valence-corrected chi connectivity index (χ4v) is 3.80. The molecule has 0 saturated carbocycles. The summed E-state index contributed by atoms with van der Waals surface area (Å²) in [6.07, 6.45) is 8.66. The first-order valence-corrected chi connectivity index (χ1v) is 9.57. The quantitative estimate of drug-likeness (QED) is 0.817. The molecular formula is C15H25N3O3S. The summed E-state index contributed by atoms with van der Waals surface area (Å²) < 4.78 is 24.9. The highest BCUT2D eigenvalue weighted by Crippen LogP contribution is 2.23. The highest BCUT2D eigenvalue weighted by molar-refractivity contribution is 7.88. The number of pyridine rings is 1. The molecular weight excluding hydrogens is 302 g/mol. The van der Waals surface area contributed by atoms with E-state index in [1.54, 1.807) is 10.5 Å². The van der Waals surface area contributed by atoms with Gasteiger partial charge in [-0.1, -0.05) is 0 Å². The Morgan fingerprint density at radius 3 is 2.91 bits per heavy atom. The van der Waals surface area contributed by atoms with Crippen LogP contribution in [-0.2, 0) is 16.4 Å². The van der Waals surface area contributed by atoms with Gasteiger partial charge in [-0.05, 0) is 43.2 Å². The van der Waals surface area contributed by atoms with E-state index >= 15 is 0 Å². The third-order valence-corrected chi connectivity index (χ3v) is 5.34. The molecule has 1 aromatic heterocycles. The van der Waals surface area contributed by atoms with E-state index < -0.39 is 10.0 Å². The Morgan fingerprint density at radius 1 is 1.36 bits per heavy atom. The van der Waals surface area contributed by atoms with Crippen molar-refractivity contribution in [1.82, 2.24) is 9.29 Å². The number of hydrogen-bond donors (Lipinski definition) is 2. The first-order chi connectivity index (χ1) is 10.5. The van der Waals surface area contributed by atoms with E-state index in [2.05, 4.69) is 16.4 Å². The van der Waals surface area contributed by atoms with Gasteiger partial charge in [0, 0.05) is 32.0 Å². The first-order valence-electron chi connectivity index (χ1n) is 7.73. The van der Waals surface area contributed by atoms with E-state index in [9.17, 15) is 8.42 Å². The van der Waals surface area contributed by atoms with Crippen molar-refractivity contribution >= 4 is 15.7 Å². The summed E-state index contributed by atoms with van der Waals surface area (Å²) in [6, 6.07) is 2.06. The predicted octanol–water partition coefficient (Wildman–Crippen LogP) is 1.09. The van der Waals surface area contributed by atoms with Gasteiger partial charge in [-0.3, -0.25) is 4.98 Å². The molecule has 0 radical (unpaired) electrons. The molecule has 2 heterocycles. The minimum Gasteiger partial charge on any atom is -0.395 e. The molecule has 2 rings (SSSR count). The number of sulfonamides is 1. The molecule has 0 aliphatic carbocycles. The Hall–Kier alpha value is -1.18. The van der Waals surface area contributed by atoms with Gasteiger partial charge in [-0.15, -0.1) is 0 Å². The fraction of sp³-hybridized carbons (Fsp3) is 0.667. The molecule has 1 fully saturated rings. The van der Waals surface area contributed by atoms with Gasteiger partial charge in [-0.2, -0.15) is 0 Å². The SMILES string of the molecule is CS(=O)(=O)N1CCC[C@@H](Cc2cncc(NCCO)c2)CC1. The number of aliphatic hydroxyl groups excluding tert-OH is 1. The molecule has 1 aromatic rings. The summed E-state index contributed by atoms with van der Waals surface area (Å²) in [5.41, 5.74) is 2.07. The van der Waals surface area contributed by atoms with Crippen molar-refractivity contribution in [2.45, 2.75) is 25.7 Å². The normalized spacial score (nSPS) is 20.5. The lowest BCUT2D eigenvalue weighted by molar-refractivity contribution is 0.311. The number of aliphatic hydroxyl groups is 1. The summed E-state index contributed by atoms with van der Waals surface area (Å²) in [5, 5.41) is 12.0. The molecule has 1 saturated heterocycles. The van der Waals surface area contributed by atoms with Crippen molar-refractivity contribution in [3.05, 3.63) is 24.0 Å². The summed E-state index contributed by atoms with van der Waals surface area (Å²) in [5.74, 6) is 0.488. The fourth-order valence-electron chi connectivity index (χ4n) is 2.90. The van der Waals surface area contributed by atoms with Crippen LogP contribution in [0.3, 0.4) is 0 Å². The van der Waals surface area contributed by atoms with Crippen LogP contribution in [-0.4, -0.2) is 55.3 Å². The molecule has 124 valence electrons. The van der Waals surface area contributed by atoms with Crippen molar-refractivity contribution in [1.29, 1.82) is 0 Å². The standard InChI is InChI=1S/C15H25N3O3S/c1-22(20,21)18-6-2-3-13(4-7-18)9-14-10-15(12-16-11-14)17-5-8-19/h10-13,17,19H,2-9H2,1H3/t13-/m1/s1. The van der Waals surface area contributed by atoms with E-state index in [0.29, 0.717) is 25.6 Å². The number of hydrogen-bond acceptors (Lipinski definition) is 5. The molecule has 2 N–H and O–H groups in total. The third-order valence-electron chi connectivity index (χ3n) is 4.04. The van der Waals surface area contributed by atoms with Crippen molar-refractivity contribution < 1.29 is 13.5 Å². The van der Waals surface area contributed by atoms with E-state index in [4.69, 9.17) is 5.11 Å². The van der Waals surface area contributed by atoms with E-state index in [1.807, 2.05) is 6.20 Å². The van der Waals surface area contributed by atoms with Crippen LogP contribution in [0.15, 0.2) is 18.5 Å². The maximum atomic E-state index is 11.6. The van der Waals surface area contributed by atoms with E-state index in [0.717, 1.165) is 36.9 Å². The van der Waals surface area contributed by atoms with Gasteiger partial charge < -0.3 is 10.4 Å². The van der Waals surface area contributed by atoms with Gasteiger partial charge in [0.25, 0.3) is 0 Å². The van der Waals surface area contributed by atoms with Gasteiger partial charge in [-0.25, -0.2) is 12.7 Å². The largest absolute Gasteiger partial charge is 0.395 e. The maximum Gasteiger partial charge on any atom is 0.211 e. The lowest BCUT2D eigenvalue weighted by Crippen LogP contribution is -2.30. The zero-order valence-corrected chi connectivity index (χ0v) is 13.8. The molecule has 1 atom stereocenters. The minimum absolute atomic E-state index is 0.0914. The molecule has 0 aromatic carbocycles. The molecule has 0 spiro atoms. The number of rotatable bonds is 6. The lowest BCUT2D eigenvalue weighted by atomic mass is 9.93. The van der Waals surface area contributed by atoms with Crippen LogP contribution < -0.4 is 5.32 Å². The van der Waals surface area contributed by atoms with Gasteiger partial charge in [0.1, 0.15) is 0 Å². The Bertz CT molecular complexity index is 577. The topological polar surface area (TPSA) is 82.5 Å². The molecule has 1 aliphatic rings. The van der Waals surface area contributed by atoms with Gasteiger partial charge in [0.2, 0.25) is 10.0 Å². The summed E-state index contributed by atoms with van der Waals surface area (Å²) in [7, 11) is -3.08. The summed E-state index contributed by atoms with van der Waals surface area (Å²) >= 11 is 0. The zero-order chi connectivity index (χ0) is 16.0.